The SMILES string of the molecule is Cc1ccc(CN2CC(C(=O)NCc3ncc(C)s3)CC2=O)cc1. The minimum absolute atomic E-state index is 0.0424. The molecule has 1 aliphatic rings. The molecule has 1 saturated heterocycles. The van der Waals surface area contributed by atoms with E-state index in [2.05, 4.69) is 10.3 Å². The van der Waals surface area contributed by atoms with Gasteiger partial charge in [-0.15, -0.1) is 11.3 Å². The number of aromatic nitrogens is 1. The lowest BCUT2D eigenvalue weighted by molar-refractivity contribution is -0.129. The van der Waals surface area contributed by atoms with E-state index in [4.69, 9.17) is 0 Å². The maximum Gasteiger partial charge on any atom is 0.225 e. The number of thiazole rings is 1. The molecule has 1 fully saturated rings. The van der Waals surface area contributed by atoms with Gasteiger partial charge in [-0.3, -0.25) is 9.59 Å². The van der Waals surface area contributed by atoms with Crippen molar-refractivity contribution < 1.29 is 9.59 Å². The predicted molar refractivity (Wildman–Crippen MR) is 93.4 cm³/mol. The first-order valence-electron chi connectivity index (χ1n) is 8.03. The molecule has 2 aromatic rings. The van der Waals surface area contributed by atoms with E-state index >= 15 is 0 Å². The summed E-state index contributed by atoms with van der Waals surface area (Å²) < 4.78 is 0. The zero-order valence-corrected chi connectivity index (χ0v) is 14.7. The maximum atomic E-state index is 12.3. The Morgan fingerprint density at radius 1 is 1.33 bits per heavy atom. The second-order valence-corrected chi connectivity index (χ2v) is 7.56. The number of rotatable bonds is 5. The Labute approximate surface area is 145 Å². The van der Waals surface area contributed by atoms with Crippen LogP contribution in [-0.2, 0) is 22.7 Å². The van der Waals surface area contributed by atoms with Crippen LogP contribution >= 0.6 is 11.3 Å². The van der Waals surface area contributed by atoms with Crippen molar-refractivity contribution >= 4 is 23.2 Å². The van der Waals surface area contributed by atoms with E-state index < -0.39 is 0 Å². The Morgan fingerprint density at radius 2 is 2.08 bits per heavy atom. The van der Waals surface area contributed by atoms with Crippen molar-refractivity contribution in [1.29, 1.82) is 0 Å². The third-order valence-electron chi connectivity index (χ3n) is 4.16. The van der Waals surface area contributed by atoms with E-state index in [1.807, 2.05) is 38.1 Å². The molecular formula is C18H21N3O2S. The lowest BCUT2D eigenvalue weighted by Crippen LogP contribution is -2.32. The molecule has 5 nitrogen and oxygen atoms in total. The van der Waals surface area contributed by atoms with Crippen molar-refractivity contribution in [3.8, 4) is 0 Å². The number of hydrogen-bond acceptors (Lipinski definition) is 4. The van der Waals surface area contributed by atoms with E-state index in [9.17, 15) is 9.59 Å². The van der Waals surface area contributed by atoms with Gasteiger partial charge in [-0.1, -0.05) is 29.8 Å². The van der Waals surface area contributed by atoms with Crippen LogP contribution < -0.4 is 5.32 Å². The number of carbonyl (C=O) groups excluding carboxylic acids is 2. The van der Waals surface area contributed by atoms with Crippen molar-refractivity contribution in [2.24, 2.45) is 5.92 Å². The summed E-state index contributed by atoms with van der Waals surface area (Å²) in [5.74, 6) is -0.299. The van der Waals surface area contributed by atoms with Crippen LogP contribution in [0.1, 0.15) is 27.4 Å². The van der Waals surface area contributed by atoms with Crippen LogP contribution in [0.5, 0.6) is 0 Å². The second-order valence-electron chi connectivity index (χ2n) is 6.24. The first-order chi connectivity index (χ1) is 11.5. The number of amides is 2. The van der Waals surface area contributed by atoms with E-state index in [0.717, 1.165) is 15.4 Å². The van der Waals surface area contributed by atoms with Crippen LogP contribution in [-0.4, -0.2) is 28.2 Å². The zero-order valence-electron chi connectivity index (χ0n) is 13.9. The van der Waals surface area contributed by atoms with Gasteiger partial charge in [-0.2, -0.15) is 0 Å². The van der Waals surface area contributed by atoms with Gasteiger partial charge >= 0.3 is 0 Å². The minimum Gasteiger partial charge on any atom is -0.349 e. The molecule has 3 rings (SSSR count). The van der Waals surface area contributed by atoms with E-state index in [1.165, 1.54) is 5.56 Å². The van der Waals surface area contributed by atoms with Crippen molar-refractivity contribution in [2.75, 3.05) is 6.54 Å². The molecule has 1 N–H and O–H groups in total. The molecule has 1 aromatic heterocycles. The van der Waals surface area contributed by atoms with Gasteiger partial charge in [0, 0.05) is 30.6 Å². The molecule has 126 valence electrons. The first kappa shape index (κ1) is 16.6. The van der Waals surface area contributed by atoms with Gasteiger partial charge in [-0.25, -0.2) is 4.98 Å². The van der Waals surface area contributed by atoms with Gasteiger partial charge in [0.2, 0.25) is 11.8 Å². The average molecular weight is 343 g/mol. The van der Waals surface area contributed by atoms with Crippen LogP contribution in [0.25, 0.3) is 0 Å². The molecule has 1 aromatic carbocycles. The fourth-order valence-corrected chi connectivity index (χ4v) is 3.53. The highest BCUT2D eigenvalue weighted by molar-refractivity contribution is 7.11. The van der Waals surface area contributed by atoms with Crippen molar-refractivity contribution in [3.63, 3.8) is 0 Å². The molecule has 2 amide bonds. The van der Waals surface area contributed by atoms with Gasteiger partial charge in [0.1, 0.15) is 5.01 Å². The highest BCUT2D eigenvalue weighted by Gasteiger charge is 2.34. The molecule has 0 saturated carbocycles. The summed E-state index contributed by atoms with van der Waals surface area (Å²) in [5, 5.41) is 3.79. The number of nitrogens with zero attached hydrogens (tertiary/aromatic N) is 2. The lowest BCUT2D eigenvalue weighted by Gasteiger charge is -2.16. The number of nitrogens with one attached hydrogen (secondary N) is 1. The van der Waals surface area contributed by atoms with E-state index in [1.54, 1.807) is 22.4 Å². The Morgan fingerprint density at radius 3 is 2.75 bits per heavy atom. The van der Waals surface area contributed by atoms with Gasteiger partial charge < -0.3 is 10.2 Å². The van der Waals surface area contributed by atoms with Crippen LogP contribution in [0.3, 0.4) is 0 Å². The number of aryl methyl sites for hydroxylation is 2. The molecule has 24 heavy (non-hydrogen) atoms. The summed E-state index contributed by atoms with van der Waals surface area (Å²) in [7, 11) is 0. The highest BCUT2D eigenvalue weighted by Crippen LogP contribution is 2.21. The lowest BCUT2D eigenvalue weighted by atomic mass is 10.1. The van der Waals surface area contributed by atoms with E-state index in [-0.39, 0.29) is 24.2 Å². The Bertz CT molecular complexity index is 739. The average Bonchev–Trinajstić information content (AvgIpc) is 3.13. The summed E-state index contributed by atoms with van der Waals surface area (Å²) in [6.45, 7) is 5.50. The third-order valence-corrected chi connectivity index (χ3v) is 5.08. The van der Waals surface area contributed by atoms with Crippen LogP contribution in [0, 0.1) is 19.8 Å². The molecule has 0 bridgehead atoms. The molecule has 6 heteroatoms. The quantitative estimate of drug-likeness (QED) is 0.907. The molecule has 1 unspecified atom stereocenters. The molecular weight excluding hydrogens is 322 g/mol. The van der Waals surface area contributed by atoms with Gasteiger partial charge in [0.05, 0.1) is 12.5 Å². The number of benzene rings is 1. The predicted octanol–water partition coefficient (Wildman–Crippen LogP) is 2.42. The molecule has 2 heterocycles. The largest absolute Gasteiger partial charge is 0.349 e. The van der Waals surface area contributed by atoms with Crippen molar-refractivity contribution in [2.45, 2.75) is 33.4 Å². The van der Waals surface area contributed by atoms with Gasteiger partial charge in [0.25, 0.3) is 0 Å². The Balaban J connectivity index is 1.53. The zero-order chi connectivity index (χ0) is 17.1. The number of likely N-dealkylation sites (tertiary alicyclic amines) is 1. The van der Waals surface area contributed by atoms with Crippen LogP contribution in [0.2, 0.25) is 0 Å². The van der Waals surface area contributed by atoms with Crippen LogP contribution in [0.15, 0.2) is 30.5 Å². The second kappa shape index (κ2) is 7.13. The van der Waals surface area contributed by atoms with E-state index in [0.29, 0.717) is 19.6 Å². The monoisotopic (exact) mass is 343 g/mol. The summed E-state index contributed by atoms with van der Waals surface area (Å²) in [5.41, 5.74) is 2.29. The summed E-state index contributed by atoms with van der Waals surface area (Å²) in [6, 6.07) is 8.13. The standard InChI is InChI=1S/C18H21N3O2S/c1-12-3-5-14(6-4-12)10-21-11-15(7-17(21)22)18(23)20-9-16-19-8-13(2)24-16/h3-6,8,15H,7,9-11H2,1-2H3,(H,20,23). The summed E-state index contributed by atoms with van der Waals surface area (Å²) >= 11 is 1.57. The Hall–Kier alpha value is -2.21. The smallest absolute Gasteiger partial charge is 0.225 e. The third kappa shape index (κ3) is 4.00. The fraction of sp³-hybridized carbons (Fsp3) is 0.389. The van der Waals surface area contributed by atoms with Gasteiger partial charge in [0.15, 0.2) is 0 Å². The number of carbonyl (C=O) groups is 2. The van der Waals surface area contributed by atoms with Gasteiger partial charge in [-0.05, 0) is 19.4 Å². The maximum absolute atomic E-state index is 12.3. The molecule has 0 spiro atoms. The van der Waals surface area contributed by atoms with Crippen molar-refractivity contribution in [3.05, 3.63) is 51.5 Å². The molecule has 1 atom stereocenters. The summed E-state index contributed by atoms with van der Waals surface area (Å²) in [6.07, 6.45) is 2.09. The first-order valence-corrected chi connectivity index (χ1v) is 8.85. The molecule has 0 aliphatic carbocycles. The topological polar surface area (TPSA) is 62.3 Å². The molecule has 0 radical (unpaired) electrons. The minimum atomic E-state index is -0.274. The Kier molecular flexibility index (Phi) is 4.94. The number of hydrogen-bond donors (Lipinski definition) is 1. The normalized spacial score (nSPS) is 17.3. The molecule has 1 aliphatic heterocycles. The van der Waals surface area contributed by atoms with Crippen LogP contribution in [0.4, 0.5) is 0 Å². The summed E-state index contributed by atoms with van der Waals surface area (Å²) in [4.78, 5) is 31.6. The highest BCUT2D eigenvalue weighted by atomic mass is 32.1. The fourth-order valence-electron chi connectivity index (χ4n) is 2.80. The van der Waals surface area contributed by atoms with Crippen molar-refractivity contribution in [1.82, 2.24) is 15.2 Å².